The Morgan fingerprint density at radius 2 is 2.29 bits per heavy atom. The van der Waals surface area contributed by atoms with Gasteiger partial charge in [0.05, 0.1) is 0 Å². The van der Waals surface area contributed by atoms with Gasteiger partial charge < -0.3 is 5.32 Å². The number of hydrogen-bond donors (Lipinski definition) is 1. The Hall–Kier alpha value is -0.640. The second kappa shape index (κ2) is 4.26. The molecule has 1 heterocycles. The number of aryl methyl sites for hydroxylation is 1. The molecule has 0 spiro atoms. The maximum atomic E-state index is 4.13. The number of nitrogens with zero attached hydrogens (tertiary/aromatic N) is 2. The number of anilines is 1. The van der Waals surface area contributed by atoms with Gasteiger partial charge in [-0.05, 0) is 31.6 Å². The van der Waals surface area contributed by atoms with Crippen LogP contribution in [0.2, 0.25) is 0 Å². The van der Waals surface area contributed by atoms with Gasteiger partial charge in [-0.2, -0.15) is 0 Å². The summed E-state index contributed by atoms with van der Waals surface area (Å²) < 4.78 is 0. The van der Waals surface area contributed by atoms with E-state index in [-0.39, 0.29) is 0 Å². The van der Waals surface area contributed by atoms with E-state index in [1.54, 1.807) is 11.3 Å². The molecule has 1 N–H and O–H groups in total. The van der Waals surface area contributed by atoms with Crippen LogP contribution < -0.4 is 5.32 Å². The molecule has 0 aromatic carbocycles. The quantitative estimate of drug-likeness (QED) is 0.835. The van der Waals surface area contributed by atoms with Crippen LogP contribution in [0.5, 0.6) is 0 Å². The van der Waals surface area contributed by atoms with Crippen molar-refractivity contribution in [3.8, 4) is 0 Å². The van der Waals surface area contributed by atoms with Gasteiger partial charge in [-0.25, -0.2) is 0 Å². The number of nitrogens with one attached hydrogen (secondary N) is 1. The van der Waals surface area contributed by atoms with E-state index < -0.39 is 0 Å². The van der Waals surface area contributed by atoms with E-state index in [4.69, 9.17) is 0 Å². The third-order valence-electron chi connectivity index (χ3n) is 2.79. The largest absolute Gasteiger partial charge is 0.357 e. The molecule has 2 rings (SSSR count). The highest BCUT2D eigenvalue weighted by Gasteiger charge is 2.21. The molecule has 1 saturated carbocycles. The topological polar surface area (TPSA) is 37.8 Å². The molecule has 0 radical (unpaired) electrons. The maximum absolute atomic E-state index is 4.13. The Kier molecular flexibility index (Phi) is 3.01. The van der Waals surface area contributed by atoms with Gasteiger partial charge in [0.15, 0.2) is 0 Å². The van der Waals surface area contributed by atoms with Crippen LogP contribution in [0.4, 0.5) is 5.13 Å². The lowest BCUT2D eigenvalue weighted by Gasteiger charge is -2.09. The fraction of sp³-hybridized carbons (Fsp3) is 0.800. The van der Waals surface area contributed by atoms with Crippen molar-refractivity contribution in [2.45, 2.75) is 45.6 Å². The highest BCUT2D eigenvalue weighted by atomic mass is 32.1. The SMILES string of the molecule is CCc1nnc(NC2CCC(C)C2)s1. The normalized spacial score (nSPS) is 26.7. The lowest BCUT2D eigenvalue weighted by molar-refractivity contribution is 0.602. The van der Waals surface area contributed by atoms with Crippen molar-refractivity contribution >= 4 is 16.5 Å². The Labute approximate surface area is 88.9 Å². The maximum Gasteiger partial charge on any atom is 0.205 e. The average molecular weight is 211 g/mol. The molecule has 2 atom stereocenters. The van der Waals surface area contributed by atoms with Gasteiger partial charge in [0.2, 0.25) is 5.13 Å². The number of aromatic nitrogens is 2. The first kappa shape index (κ1) is 9.90. The van der Waals surface area contributed by atoms with E-state index in [9.17, 15) is 0 Å². The number of hydrogen-bond acceptors (Lipinski definition) is 4. The summed E-state index contributed by atoms with van der Waals surface area (Å²) in [5, 5.41) is 13.8. The summed E-state index contributed by atoms with van der Waals surface area (Å²) in [5.74, 6) is 0.867. The molecule has 0 saturated heterocycles. The van der Waals surface area contributed by atoms with Crippen molar-refractivity contribution in [1.82, 2.24) is 10.2 Å². The fourth-order valence-electron chi connectivity index (χ4n) is 1.97. The first-order valence-electron chi connectivity index (χ1n) is 5.37. The Morgan fingerprint density at radius 1 is 1.43 bits per heavy atom. The molecule has 2 unspecified atom stereocenters. The molecule has 3 nitrogen and oxygen atoms in total. The summed E-state index contributed by atoms with van der Waals surface area (Å²) in [4.78, 5) is 0. The van der Waals surface area contributed by atoms with Crippen molar-refractivity contribution < 1.29 is 0 Å². The summed E-state index contributed by atoms with van der Waals surface area (Å²) in [6, 6.07) is 0.627. The predicted octanol–water partition coefficient (Wildman–Crippen LogP) is 2.70. The van der Waals surface area contributed by atoms with Crippen molar-refractivity contribution in [3.63, 3.8) is 0 Å². The molecule has 1 aromatic rings. The third-order valence-corrected chi connectivity index (χ3v) is 3.79. The minimum atomic E-state index is 0.627. The molecule has 4 heteroatoms. The third kappa shape index (κ3) is 2.23. The zero-order valence-corrected chi connectivity index (χ0v) is 9.60. The molecule has 1 aromatic heterocycles. The highest BCUT2D eigenvalue weighted by molar-refractivity contribution is 7.15. The first-order valence-corrected chi connectivity index (χ1v) is 6.18. The monoisotopic (exact) mass is 211 g/mol. The zero-order valence-electron chi connectivity index (χ0n) is 8.79. The van der Waals surface area contributed by atoms with Crippen LogP contribution in [-0.4, -0.2) is 16.2 Å². The lowest BCUT2D eigenvalue weighted by atomic mass is 10.1. The van der Waals surface area contributed by atoms with Crippen LogP contribution >= 0.6 is 11.3 Å². The van der Waals surface area contributed by atoms with Crippen LogP contribution in [0.25, 0.3) is 0 Å². The van der Waals surface area contributed by atoms with Gasteiger partial charge in [-0.15, -0.1) is 10.2 Å². The van der Waals surface area contributed by atoms with Gasteiger partial charge in [-0.3, -0.25) is 0 Å². The predicted molar refractivity (Wildman–Crippen MR) is 59.7 cm³/mol. The minimum Gasteiger partial charge on any atom is -0.357 e. The van der Waals surface area contributed by atoms with Crippen molar-refractivity contribution in [3.05, 3.63) is 5.01 Å². The summed E-state index contributed by atoms with van der Waals surface area (Å²) >= 11 is 1.69. The average Bonchev–Trinajstić information content (AvgIpc) is 2.76. The van der Waals surface area contributed by atoms with Gasteiger partial charge in [0.1, 0.15) is 5.01 Å². The molecular weight excluding hydrogens is 194 g/mol. The second-order valence-electron chi connectivity index (χ2n) is 4.11. The smallest absolute Gasteiger partial charge is 0.205 e. The van der Waals surface area contributed by atoms with E-state index in [0.717, 1.165) is 22.5 Å². The van der Waals surface area contributed by atoms with Crippen molar-refractivity contribution in [1.29, 1.82) is 0 Å². The molecule has 0 bridgehead atoms. The van der Waals surface area contributed by atoms with Gasteiger partial charge in [0.25, 0.3) is 0 Å². The zero-order chi connectivity index (χ0) is 9.97. The van der Waals surface area contributed by atoms with Crippen LogP contribution in [0.3, 0.4) is 0 Å². The summed E-state index contributed by atoms with van der Waals surface area (Å²) in [6.45, 7) is 4.43. The Balaban J connectivity index is 1.90. The highest BCUT2D eigenvalue weighted by Crippen LogP contribution is 2.28. The van der Waals surface area contributed by atoms with Crippen LogP contribution in [0.15, 0.2) is 0 Å². The van der Waals surface area contributed by atoms with Gasteiger partial charge in [-0.1, -0.05) is 25.2 Å². The summed E-state index contributed by atoms with van der Waals surface area (Å²) in [6.07, 6.45) is 4.89. The summed E-state index contributed by atoms with van der Waals surface area (Å²) in [7, 11) is 0. The molecule has 1 aliphatic rings. The number of rotatable bonds is 3. The minimum absolute atomic E-state index is 0.627. The molecular formula is C10H17N3S. The second-order valence-corrected chi connectivity index (χ2v) is 5.18. The lowest BCUT2D eigenvalue weighted by Crippen LogP contribution is -2.14. The molecule has 0 aliphatic heterocycles. The van der Waals surface area contributed by atoms with Gasteiger partial charge in [0, 0.05) is 6.04 Å². The molecule has 1 fully saturated rings. The van der Waals surface area contributed by atoms with Gasteiger partial charge >= 0.3 is 0 Å². The van der Waals surface area contributed by atoms with E-state index in [1.165, 1.54) is 19.3 Å². The Bertz CT molecular complexity index is 297. The first-order chi connectivity index (χ1) is 6.78. The van der Waals surface area contributed by atoms with E-state index in [2.05, 4.69) is 29.4 Å². The molecule has 0 amide bonds. The van der Waals surface area contributed by atoms with E-state index >= 15 is 0 Å². The Morgan fingerprint density at radius 3 is 2.86 bits per heavy atom. The van der Waals surface area contributed by atoms with Crippen LogP contribution in [0.1, 0.15) is 38.1 Å². The van der Waals surface area contributed by atoms with Crippen LogP contribution in [0, 0.1) is 5.92 Å². The fourth-order valence-corrected chi connectivity index (χ4v) is 2.72. The standard InChI is InChI=1S/C10H17N3S/c1-3-9-12-13-10(14-9)11-8-5-4-7(2)6-8/h7-8H,3-6H2,1-2H3,(H,11,13). The molecule has 78 valence electrons. The van der Waals surface area contributed by atoms with E-state index in [0.29, 0.717) is 6.04 Å². The summed E-state index contributed by atoms with van der Waals surface area (Å²) in [5.41, 5.74) is 0. The van der Waals surface area contributed by atoms with Crippen LogP contribution in [-0.2, 0) is 6.42 Å². The molecule has 14 heavy (non-hydrogen) atoms. The van der Waals surface area contributed by atoms with Crippen molar-refractivity contribution in [2.24, 2.45) is 5.92 Å². The van der Waals surface area contributed by atoms with E-state index in [1.807, 2.05) is 0 Å². The molecule has 1 aliphatic carbocycles. The van der Waals surface area contributed by atoms with Crippen molar-refractivity contribution in [2.75, 3.05) is 5.32 Å².